The van der Waals surface area contributed by atoms with Crippen LogP contribution in [0.3, 0.4) is 0 Å². The normalized spacial score (nSPS) is 15.7. The van der Waals surface area contributed by atoms with E-state index in [4.69, 9.17) is 4.74 Å². The van der Waals surface area contributed by atoms with Gasteiger partial charge in [0.2, 0.25) is 5.95 Å². The van der Waals surface area contributed by atoms with Gasteiger partial charge >= 0.3 is 6.18 Å². The van der Waals surface area contributed by atoms with Gasteiger partial charge in [0.15, 0.2) is 5.96 Å². The van der Waals surface area contributed by atoms with Crippen LogP contribution < -0.4 is 10.6 Å². The predicted octanol–water partition coefficient (Wildman–Crippen LogP) is 2.85. The fourth-order valence-corrected chi connectivity index (χ4v) is 2.85. The molecule has 1 aliphatic heterocycles. The molecular formula is C17H28F3IN6O. The third-order valence-electron chi connectivity index (χ3n) is 4.42. The molecule has 0 saturated carbocycles. The van der Waals surface area contributed by atoms with Gasteiger partial charge in [0.25, 0.3) is 0 Å². The monoisotopic (exact) mass is 516 g/mol. The van der Waals surface area contributed by atoms with Crippen molar-refractivity contribution in [2.45, 2.75) is 25.4 Å². The number of hydrogen-bond acceptors (Lipinski definition) is 5. The summed E-state index contributed by atoms with van der Waals surface area (Å²) < 4.78 is 43.3. The first-order valence-electron chi connectivity index (χ1n) is 9.04. The second kappa shape index (κ2) is 12.2. The van der Waals surface area contributed by atoms with Crippen molar-refractivity contribution in [3.63, 3.8) is 0 Å². The van der Waals surface area contributed by atoms with Crippen molar-refractivity contribution >= 4 is 35.9 Å². The number of rotatable bonds is 7. The van der Waals surface area contributed by atoms with Crippen LogP contribution in [-0.4, -0.2) is 67.8 Å². The maximum atomic E-state index is 12.6. The van der Waals surface area contributed by atoms with E-state index in [1.807, 2.05) is 7.05 Å². The Bertz CT molecular complexity index is 611. The lowest BCUT2D eigenvalue weighted by Crippen LogP contribution is -2.41. The number of nitrogens with zero attached hydrogens (tertiary/aromatic N) is 4. The van der Waals surface area contributed by atoms with Gasteiger partial charge in [-0.2, -0.15) is 13.2 Å². The molecule has 11 heteroatoms. The average molecular weight is 516 g/mol. The van der Waals surface area contributed by atoms with Crippen LogP contribution in [0.5, 0.6) is 0 Å². The van der Waals surface area contributed by atoms with E-state index in [2.05, 4.69) is 30.5 Å². The topological polar surface area (TPSA) is 74.7 Å². The highest BCUT2D eigenvalue weighted by molar-refractivity contribution is 14.0. The molecule has 1 aliphatic rings. The van der Waals surface area contributed by atoms with Gasteiger partial charge in [-0.1, -0.05) is 0 Å². The van der Waals surface area contributed by atoms with Gasteiger partial charge in [0.1, 0.15) is 5.69 Å². The molecule has 0 bridgehead atoms. The van der Waals surface area contributed by atoms with Crippen LogP contribution in [0.25, 0.3) is 0 Å². The molecule has 28 heavy (non-hydrogen) atoms. The predicted molar refractivity (Wildman–Crippen MR) is 113 cm³/mol. The van der Waals surface area contributed by atoms with E-state index in [0.29, 0.717) is 19.0 Å². The summed E-state index contributed by atoms with van der Waals surface area (Å²) >= 11 is 0. The minimum Gasteiger partial charge on any atom is -0.381 e. The summed E-state index contributed by atoms with van der Waals surface area (Å²) in [4.78, 5) is 13.6. The molecule has 0 atom stereocenters. The van der Waals surface area contributed by atoms with Crippen LogP contribution in [-0.2, 0) is 10.9 Å². The Hall–Kier alpha value is -1.37. The summed E-state index contributed by atoms with van der Waals surface area (Å²) in [6, 6.07) is 0.846. The molecule has 1 aromatic rings. The fraction of sp³-hybridized carbons (Fsp3) is 0.706. The molecule has 0 aromatic carbocycles. The lowest BCUT2D eigenvalue weighted by Gasteiger charge is -2.26. The molecule has 1 saturated heterocycles. The van der Waals surface area contributed by atoms with E-state index in [0.717, 1.165) is 57.2 Å². The molecule has 0 spiro atoms. The van der Waals surface area contributed by atoms with Crippen molar-refractivity contribution in [2.24, 2.45) is 10.9 Å². The van der Waals surface area contributed by atoms with Crippen LogP contribution in [0.2, 0.25) is 0 Å². The Balaban J connectivity index is 0.00000392. The Labute approximate surface area is 180 Å². The third-order valence-corrected chi connectivity index (χ3v) is 4.42. The molecule has 1 aromatic heterocycles. The van der Waals surface area contributed by atoms with Crippen molar-refractivity contribution < 1.29 is 17.9 Å². The van der Waals surface area contributed by atoms with Crippen LogP contribution >= 0.6 is 24.0 Å². The van der Waals surface area contributed by atoms with Gasteiger partial charge in [-0.05, 0) is 31.2 Å². The zero-order valence-electron chi connectivity index (χ0n) is 16.1. The standard InChI is InChI=1S/C17H27F3N6O.HI/c1-21-16(26(2)10-4-13-5-11-27-12-6-13)24-9-8-23-15-22-7-3-14(25-15)17(18,19)20;/h3,7,13H,4-6,8-12H2,1-2H3,(H,21,24)(H,22,23,25);1H. The molecular weight excluding hydrogens is 488 g/mol. The summed E-state index contributed by atoms with van der Waals surface area (Å²) in [5.74, 6) is 1.38. The summed E-state index contributed by atoms with van der Waals surface area (Å²) in [6.45, 7) is 3.41. The van der Waals surface area contributed by atoms with Crippen molar-refractivity contribution in [2.75, 3.05) is 52.3 Å². The van der Waals surface area contributed by atoms with E-state index in [1.165, 1.54) is 0 Å². The fourth-order valence-electron chi connectivity index (χ4n) is 2.85. The average Bonchev–Trinajstić information content (AvgIpc) is 2.66. The number of ether oxygens (including phenoxy) is 1. The van der Waals surface area contributed by atoms with Gasteiger partial charge in [-0.15, -0.1) is 24.0 Å². The lowest BCUT2D eigenvalue weighted by molar-refractivity contribution is -0.141. The molecule has 160 valence electrons. The molecule has 2 N–H and O–H groups in total. The minimum absolute atomic E-state index is 0. The molecule has 2 rings (SSSR count). The number of halogens is 4. The molecule has 1 fully saturated rings. The van der Waals surface area contributed by atoms with Gasteiger partial charge in [0, 0.05) is 53.1 Å². The molecule has 7 nitrogen and oxygen atoms in total. The Kier molecular flexibility index (Phi) is 10.8. The zero-order chi connectivity index (χ0) is 19.7. The van der Waals surface area contributed by atoms with E-state index in [1.54, 1.807) is 7.05 Å². The summed E-state index contributed by atoms with van der Waals surface area (Å²) in [6.07, 6.45) is -0.111. The molecule has 0 unspecified atom stereocenters. The van der Waals surface area contributed by atoms with Crippen molar-refractivity contribution in [3.8, 4) is 0 Å². The number of anilines is 1. The van der Waals surface area contributed by atoms with E-state index >= 15 is 0 Å². The number of nitrogens with one attached hydrogen (secondary N) is 2. The molecule has 0 aliphatic carbocycles. The largest absolute Gasteiger partial charge is 0.433 e. The lowest BCUT2D eigenvalue weighted by atomic mass is 9.96. The number of aromatic nitrogens is 2. The first-order valence-corrected chi connectivity index (χ1v) is 9.04. The first-order chi connectivity index (χ1) is 12.9. The SMILES string of the molecule is CN=C(NCCNc1nccc(C(F)(F)F)n1)N(C)CCC1CCOCC1.I. The van der Waals surface area contributed by atoms with Crippen molar-refractivity contribution in [1.29, 1.82) is 0 Å². The molecule has 2 heterocycles. The third kappa shape index (κ3) is 8.33. The smallest absolute Gasteiger partial charge is 0.381 e. The van der Waals surface area contributed by atoms with E-state index in [-0.39, 0.29) is 29.9 Å². The highest BCUT2D eigenvalue weighted by Crippen LogP contribution is 2.27. The Morgan fingerprint density at radius 1 is 1.32 bits per heavy atom. The summed E-state index contributed by atoms with van der Waals surface area (Å²) in [5, 5.41) is 5.97. The van der Waals surface area contributed by atoms with Gasteiger partial charge < -0.3 is 20.3 Å². The molecule has 0 amide bonds. The van der Waals surface area contributed by atoms with E-state index < -0.39 is 11.9 Å². The minimum atomic E-state index is -4.48. The molecule has 0 radical (unpaired) electrons. The van der Waals surface area contributed by atoms with E-state index in [9.17, 15) is 13.2 Å². The van der Waals surface area contributed by atoms with Crippen LogP contribution in [0.1, 0.15) is 25.0 Å². The Morgan fingerprint density at radius 2 is 2.04 bits per heavy atom. The van der Waals surface area contributed by atoms with Gasteiger partial charge in [0.05, 0.1) is 0 Å². The number of aliphatic imine (C=N–C) groups is 1. The maximum absolute atomic E-state index is 12.6. The first kappa shape index (κ1) is 24.7. The number of alkyl halides is 3. The summed E-state index contributed by atoms with van der Waals surface area (Å²) in [5.41, 5.74) is -0.961. The second-order valence-corrected chi connectivity index (χ2v) is 6.43. The highest BCUT2D eigenvalue weighted by atomic mass is 127. The second-order valence-electron chi connectivity index (χ2n) is 6.43. The van der Waals surface area contributed by atoms with Crippen molar-refractivity contribution in [3.05, 3.63) is 18.0 Å². The summed E-state index contributed by atoms with van der Waals surface area (Å²) in [7, 11) is 3.68. The van der Waals surface area contributed by atoms with Crippen LogP contribution in [0.15, 0.2) is 17.3 Å². The maximum Gasteiger partial charge on any atom is 0.433 e. The quantitative estimate of drug-likeness (QED) is 0.252. The van der Waals surface area contributed by atoms with Crippen LogP contribution in [0, 0.1) is 5.92 Å². The highest BCUT2D eigenvalue weighted by Gasteiger charge is 2.32. The number of guanidine groups is 1. The van der Waals surface area contributed by atoms with Gasteiger partial charge in [-0.3, -0.25) is 4.99 Å². The Morgan fingerprint density at radius 3 is 2.68 bits per heavy atom. The van der Waals surface area contributed by atoms with Crippen molar-refractivity contribution in [1.82, 2.24) is 20.2 Å². The zero-order valence-corrected chi connectivity index (χ0v) is 18.5. The van der Waals surface area contributed by atoms with Crippen LogP contribution in [0.4, 0.5) is 19.1 Å². The van der Waals surface area contributed by atoms with Gasteiger partial charge in [-0.25, -0.2) is 9.97 Å². The number of hydrogen-bond donors (Lipinski definition) is 2.